The third kappa shape index (κ3) is 4.15. The molecule has 0 bridgehead atoms. The van der Waals surface area contributed by atoms with Crippen LogP contribution in [0.4, 0.5) is 13.2 Å². The van der Waals surface area contributed by atoms with Crippen LogP contribution in [0.25, 0.3) is 11.0 Å². The summed E-state index contributed by atoms with van der Waals surface area (Å²) in [6, 6.07) is 9.61. The lowest BCUT2D eigenvalue weighted by atomic mass is 9.95. The monoisotopic (exact) mass is 376 g/mol. The van der Waals surface area contributed by atoms with Crippen LogP contribution < -0.4 is 10.4 Å². The lowest BCUT2D eigenvalue weighted by Crippen LogP contribution is -2.06. The summed E-state index contributed by atoms with van der Waals surface area (Å²) in [6.45, 7) is 6.16. The fourth-order valence-electron chi connectivity index (χ4n) is 3.03. The van der Waals surface area contributed by atoms with Crippen LogP contribution in [0, 0.1) is 6.92 Å². The molecule has 0 aliphatic heterocycles. The number of aryl methyl sites for hydroxylation is 1. The topological polar surface area (TPSA) is 39.4 Å². The van der Waals surface area contributed by atoms with E-state index >= 15 is 0 Å². The first-order chi connectivity index (χ1) is 12.6. The van der Waals surface area contributed by atoms with Crippen molar-refractivity contribution in [1.82, 2.24) is 0 Å². The molecule has 0 spiro atoms. The van der Waals surface area contributed by atoms with E-state index in [1.165, 1.54) is 18.2 Å². The van der Waals surface area contributed by atoms with Crippen LogP contribution in [0.5, 0.6) is 5.75 Å². The van der Waals surface area contributed by atoms with E-state index in [2.05, 4.69) is 13.8 Å². The molecule has 0 aliphatic carbocycles. The Kier molecular flexibility index (Phi) is 5.00. The molecule has 1 heterocycles. The van der Waals surface area contributed by atoms with Gasteiger partial charge in [-0.3, -0.25) is 0 Å². The van der Waals surface area contributed by atoms with Crippen LogP contribution in [0.2, 0.25) is 0 Å². The number of hydrogen-bond donors (Lipinski definition) is 0. The minimum atomic E-state index is -4.39. The Morgan fingerprint density at radius 1 is 1.07 bits per heavy atom. The molecule has 0 radical (unpaired) electrons. The summed E-state index contributed by atoms with van der Waals surface area (Å²) in [5, 5.41) is 0.760. The van der Waals surface area contributed by atoms with Crippen LogP contribution >= 0.6 is 0 Å². The average molecular weight is 376 g/mol. The van der Waals surface area contributed by atoms with Crippen molar-refractivity contribution < 1.29 is 22.3 Å². The van der Waals surface area contributed by atoms with E-state index in [0.717, 1.165) is 28.6 Å². The number of rotatable bonds is 4. The van der Waals surface area contributed by atoms with Crippen LogP contribution in [-0.2, 0) is 12.8 Å². The Hall–Kier alpha value is -2.76. The van der Waals surface area contributed by atoms with Gasteiger partial charge in [-0.2, -0.15) is 13.2 Å². The number of ether oxygens (including phenoxy) is 1. The first kappa shape index (κ1) is 19.0. The smallest absolute Gasteiger partial charge is 0.416 e. The quantitative estimate of drug-likeness (QED) is 0.539. The predicted octanol–water partition coefficient (Wildman–Crippen LogP) is 5.82. The van der Waals surface area contributed by atoms with Gasteiger partial charge in [-0.05, 0) is 60.4 Å². The van der Waals surface area contributed by atoms with Crippen molar-refractivity contribution in [2.75, 3.05) is 0 Å². The van der Waals surface area contributed by atoms with Gasteiger partial charge in [0.05, 0.1) is 5.56 Å². The highest BCUT2D eigenvalue weighted by molar-refractivity contribution is 5.82. The number of hydrogen-bond acceptors (Lipinski definition) is 3. The molecule has 6 heteroatoms. The second-order valence-electron chi connectivity index (χ2n) is 6.76. The molecule has 0 N–H and O–H groups in total. The van der Waals surface area contributed by atoms with E-state index in [-0.39, 0.29) is 6.61 Å². The van der Waals surface area contributed by atoms with E-state index in [4.69, 9.17) is 9.15 Å². The molecule has 0 atom stereocenters. The summed E-state index contributed by atoms with van der Waals surface area (Å²) in [5.41, 5.74) is 2.02. The summed E-state index contributed by atoms with van der Waals surface area (Å²) in [7, 11) is 0. The van der Waals surface area contributed by atoms with E-state index in [0.29, 0.717) is 22.8 Å². The Bertz CT molecular complexity index is 1020. The molecule has 3 nitrogen and oxygen atoms in total. The summed E-state index contributed by atoms with van der Waals surface area (Å²) in [6.07, 6.45) is -4.39. The molecule has 142 valence electrons. The maximum absolute atomic E-state index is 12.6. The molecule has 3 rings (SSSR count). The number of fused-ring (bicyclic) bond motifs is 1. The first-order valence-electron chi connectivity index (χ1n) is 8.52. The molecule has 0 aliphatic rings. The zero-order valence-electron chi connectivity index (χ0n) is 15.2. The van der Waals surface area contributed by atoms with Gasteiger partial charge >= 0.3 is 11.8 Å². The van der Waals surface area contributed by atoms with Gasteiger partial charge in [0.25, 0.3) is 0 Å². The molecule has 2 aromatic carbocycles. The maximum Gasteiger partial charge on any atom is 0.416 e. The Morgan fingerprint density at radius 2 is 1.74 bits per heavy atom. The first-order valence-corrected chi connectivity index (χ1v) is 8.52. The predicted molar refractivity (Wildman–Crippen MR) is 97.1 cm³/mol. The number of alkyl halides is 3. The van der Waals surface area contributed by atoms with Gasteiger partial charge in [0.1, 0.15) is 17.9 Å². The Morgan fingerprint density at radius 3 is 2.33 bits per heavy atom. The van der Waals surface area contributed by atoms with E-state index in [1.54, 1.807) is 0 Å². The molecular weight excluding hydrogens is 357 g/mol. The van der Waals surface area contributed by atoms with Crippen molar-refractivity contribution in [1.29, 1.82) is 0 Å². The van der Waals surface area contributed by atoms with Gasteiger partial charge in [0.15, 0.2) is 0 Å². The van der Waals surface area contributed by atoms with E-state index < -0.39 is 17.4 Å². The third-order valence-electron chi connectivity index (χ3n) is 4.41. The van der Waals surface area contributed by atoms with Crippen LogP contribution in [0.1, 0.15) is 42.0 Å². The zero-order chi connectivity index (χ0) is 19.8. The highest BCUT2D eigenvalue weighted by Crippen LogP contribution is 2.31. The molecule has 0 unspecified atom stereocenters. The van der Waals surface area contributed by atoms with Gasteiger partial charge in [0, 0.05) is 17.0 Å². The molecule has 0 amide bonds. The van der Waals surface area contributed by atoms with Gasteiger partial charge < -0.3 is 9.15 Å². The fraction of sp³-hybridized carbons (Fsp3) is 0.286. The highest BCUT2D eigenvalue weighted by atomic mass is 19.4. The van der Waals surface area contributed by atoms with Crippen molar-refractivity contribution >= 4 is 11.0 Å². The van der Waals surface area contributed by atoms with E-state index in [9.17, 15) is 18.0 Å². The van der Waals surface area contributed by atoms with Crippen LogP contribution in [0.15, 0.2) is 51.7 Å². The minimum absolute atomic E-state index is 0.0497. The van der Waals surface area contributed by atoms with Crippen molar-refractivity contribution in [2.45, 2.75) is 39.5 Å². The van der Waals surface area contributed by atoms with Gasteiger partial charge in [-0.1, -0.05) is 13.8 Å². The standard InChI is InChI=1S/C21H19F3O3/c1-12(2)17-10-18-14(9-20(25)27-19(18)8-13(17)3)11-26-16-6-4-15(5-7-16)21(22,23)24/h4-10,12H,11H2,1-3H3. The van der Waals surface area contributed by atoms with Crippen molar-refractivity contribution in [3.8, 4) is 5.75 Å². The average Bonchev–Trinajstić information content (AvgIpc) is 2.58. The molecule has 0 saturated carbocycles. The van der Waals surface area contributed by atoms with Crippen LogP contribution in [0.3, 0.4) is 0 Å². The molecule has 0 saturated heterocycles. The Labute approximate surface area is 154 Å². The largest absolute Gasteiger partial charge is 0.489 e. The summed E-state index contributed by atoms with van der Waals surface area (Å²) < 4.78 is 48.8. The molecular formula is C21H19F3O3. The normalized spacial score (nSPS) is 12.0. The Balaban J connectivity index is 1.92. The van der Waals surface area contributed by atoms with Crippen LogP contribution in [-0.4, -0.2) is 0 Å². The molecule has 27 heavy (non-hydrogen) atoms. The number of halogens is 3. The number of benzene rings is 2. The molecule has 3 aromatic rings. The SMILES string of the molecule is Cc1cc2oc(=O)cc(COc3ccc(C(F)(F)F)cc3)c2cc1C(C)C. The van der Waals surface area contributed by atoms with Crippen molar-refractivity contribution in [3.63, 3.8) is 0 Å². The molecule has 1 aromatic heterocycles. The summed E-state index contributed by atoms with van der Waals surface area (Å²) in [5.74, 6) is 0.589. The minimum Gasteiger partial charge on any atom is -0.489 e. The van der Waals surface area contributed by atoms with E-state index in [1.807, 2.05) is 19.1 Å². The summed E-state index contributed by atoms with van der Waals surface area (Å²) in [4.78, 5) is 11.9. The molecule has 0 fully saturated rings. The van der Waals surface area contributed by atoms with Gasteiger partial charge in [0.2, 0.25) is 0 Å². The second kappa shape index (κ2) is 7.10. The van der Waals surface area contributed by atoms with Crippen molar-refractivity contribution in [2.24, 2.45) is 0 Å². The van der Waals surface area contributed by atoms with Gasteiger partial charge in [-0.15, -0.1) is 0 Å². The van der Waals surface area contributed by atoms with Gasteiger partial charge in [-0.25, -0.2) is 4.79 Å². The lowest BCUT2D eigenvalue weighted by molar-refractivity contribution is -0.137. The summed E-state index contributed by atoms with van der Waals surface area (Å²) >= 11 is 0. The fourth-order valence-corrected chi connectivity index (χ4v) is 3.03. The third-order valence-corrected chi connectivity index (χ3v) is 4.41. The van der Waals surface area contributed by atoms with Crippen molar-refractivity contribution in [3.05, 3.63) is 75.1 Å². The second-order valence-corrected chi connectivity index (χ2v) is 6.76. The zero-order valence-corrected chi connectivity index (χ0v) is 15.2. The highest BCUT2D eigenvalue weighted by Gasteiger charge is 2.30. The lowest BCUT2D eigenvalue weighted by Gasteiger charge is -2.14. The maximum atomic E-state index is 12.6.